The summed E-state index contributed by atoms with van der Waals surface area (Å²) in [7, 11) is 0. The fraction of sp³-hybridized carbons (Fsp3) is 0. The quantitative estimate of drug-likeness (QED) is 0.681. The first kappa shape index (κ1) is 8.40. The molecule has 0 amide bonds. The number of benzene rings is 1. The molecule has 0 aliphatic rings. The third-order valence-electron chi connectivity index (χ3n) is 0.968. The molecule has 0 radical (unpaired) electrons. The number of para-hydroxylation sites is 1. The van der Waals surface area contributed by atoms with Crippen LogP contribution in [0.15, 0.2) is 30.3 Å². The van der Waals surface area contributed by atoms with E-state index < -0.39 is 14.5 Å². The Morgan fingerprint density at radius 1 is 1.18 bits per heavy atom. The first-order valence-corrected chi connectivity index (χ1v) is 6.09. The maximum atomic E-state index is 10.3. The van der Waals surface area contributed by atoms with Crippen LogP contribution in [-0.4, -0.2) is 22.7 Å². The van der Waals surface area contributed by atoms with Gasteiger partial charge in [0.05, 0.1) is 0 Å². The monoisotopic (exact) mass is 218 g/mol. The summed E-state index contributed by atoms with van der Waals surface area (Å²) in [5.74, 6) is 0.194. The fourth-order valence-corrected chi connectivity index (χ4v) is 1.45. The van der Waals surface area contributed by atoms with E-state index >= 15 is 0 Å². The molecule has 0 aliphatic heterocycles. The van der Waals surface area contributed by atoms with E-state index in [1.165, 1.54) is 12.1 Å². The molecule has 11 heavy (non-hydrogen) atoms. The molecule has 60 valence electrons. The van der Waals surface area contributed by atoms with E-state index in [0.29, 0.717) is 0 Å². The molecule has 0 spiro atoms. The first-order valence-electron chi connectivity index (χ1n) is 2.88. The van der Waals surface area contributed by atoms with Crippen LogP contribution in [0.2, 0.25) is 0 Å². The number of hydrogen-bond donors (Lipinski definition) is 2. The standard InChI is InChI=1S/C6H7AsO4/c8-7(9,10)11-6-4-2-1-3-5-6/h1-5H,(H2,8,9,10). The third-order valence-corrected chi connectivity index (χ3v) is 1.91. The van der Waals surface area contributed by atoms with E-state index in [9.17, 15) is 3.74 Å². The van der Waals surface area contributed by atoms with E-state index in [-0.39, 0.29) is 5.75 Å². The molecule has 2 N–H and O–H groups in total. The van der Waals surface area contributed by atoms with Gasteiger partial charge in [-0.2, -0.15) is 0 Å². The Morgan fingerprint density at radius 3 is 2.18 bits per heavy atom. The maximum absolute atomic E-state index is 10.3. The molecule has 1 rings (SSSR count). The van der Waals surface area contributed by atoms with Gasteiger partial charge in [-0.3, -0.25) is 0 Å². The number of rotatable bonds is 2. The van der Waals surface area contributed by atoms with Crippen molar-refractivity contribution in [3.8, 4) is 5.75 Å². The van der Waals surface area contributed by atoms with Crippen LogP contribution in [0.5, 0.6) is 5.75 Å². The number of hydrogen-bond acceptors (Lipinski definition) is 2. The SMILES string of the molecule is O=[As](O)(O)Oc1ccccc1. The van der Waals surface area contributed by atoms with Gasteiger partial charge in [-0.15, -0.1) is 0 Å². The Morgan fingerprint density at radius 2 is 1.73 bits per heavy atom. The van der Waals surface area contributed by atoms with Gasteiger partial charge in [-0.1, -0.05) is 0 Å². The first-order chi connectivity index (χ1) is 5.08. The molecule has 1 aromatic rings. The Labute approximate surface area is 66.8 Å². The van der Waals surface area contributed by atoms with Gasteiger partial charge in [0, 0.05) is 0 Å². The topological polar surface area (TPSA) is 66.8 Å². The fourth-order valence-electron chi connectivity index (χ4n) is 0.619. The molecule has 0 atom stereocenters. The van der Waals surface area contributed by atoms with Crippen molar-refractivity contribution in [2.75, 3.05) is 0 Å². The zero-order valence-electron chi connectivity index (χ0n) is 5.54. The van der Waals surface area contributed by atoms with Crippen LogP contribution in [0.25, 0.3) is 0 Å². The molecule has 0 unspecified atom stereocenters. The summed E-state index contributed by atoms with van der Waals surface area (Å²) in [5, 5.41) is 0. The Hall–Kier alpha value is -0.702. The molecule has 0 saturated carbocycles. The molecule has 5 heteroatoms. The van der Waals surface area contributed by atoms with Crippen LogP contribution < -0.4 is 3.73 Å². The summed E-state index contributed by atoms with van der Waals surface area (Å²) in [6, 6.07) is 7.99. The normalized spacial score (nSPS) is 11.1. The molecule has 0 saturated heterocycles. The second kappa shape index (κ2) is 3.13. The minimum absolute atomic E-state index is 0.194. The van der Waals surface area contributed by atoms with Gasteiger partial charge >= 0.3 is 66.3 Å². The van der Waals surface area contributed by atoms with Crippen LogP contribution >= 0.6 is 0 Å². The van der Waals surface area contributed by atoms with Crippen molar-refractivity contribution >= 4 is 14.5 Å². The zero-order chi connectivity index (χ0) is 8.32. The van der Waals surface area contributed by atoms with Crippen molar-refractivity contribution in [1.82, 2.24) is 0 Å². The summed E-state index contributed by atoms with van der Waals surface area (Å²) in [4.78, 5) is 0. The van der Waals surface area contributed by atoms with Crippen molar-refractivity contribution in [3.05, 3.63) is 30.3 Å². The second-order valence-electron chi connectivity index (χ2n) is 1.89. The van der Waals surface area contributed by atoms with Crippen molar-refractivity contribution in [1.29, 1.82) is 0 Å². The summed E-state index contributed by atoms with van der Waals surface area (Å²) in [5.41, 5.74) is 0. The van der Waals surface area contributed by atoms with Gasteiger partial charge in [0.2, 0.25) is 0 Å². The van der Waals surface area contributed by atoms with Crippen molar-refractivity contribution < 1.29 is 15.7 Å². The third kappa shape index (κ3) is 3.27. The van der Waals surface area contributed by atoms with E-state index in [1.807, 2.05) is 0 Å². The Kier molecular flexibility index (Phi) is 2.39. The molecule has 0 bridgehead atoms. The predicted octanol–water partition coefficient (Wildman–Crippen LogP) is -0.0839. The zero-order valence-corrected chi connectivity index (χ0v) is 7.42. The minimum atomic E-state index is -4.96. The molecule has 0 aromatic heterocycles. The van der Waals surface area contributed by atoms with Crippen LogP contribution in [0.4, 0.5) is 0 Å². The van der Waals surface area contributed by atoms with E-state index in [4.69, 9.17) is 8.19 Å². The molecule has 0 heterocycles. The average molecular weight is 218 g/mol. The molecule has 0 aliphatic carbocycles. The molecular weight excluding hydrogens is 211 g/mol. The van der Waals surface area contributed by atoms with Gasteiger partial charge in [0.15, 0.2) is 0 Å². The summed E-state index contributed by atoms with van der Waals surface area (Å²) >= 11 is -4.96. The van der Waals surface area contributed by atoms with Crippen LogP contribution in [0.1, 0.15) is 0 Å². The van der Waals surface area contributed by atoms with Gasteiger partial charge in [-0.25, -0.2) is 0 Å². The van der Waals surface area contributed by atoms with Gasteiger partial charge < -0.3 is 0 Å². The summed E-state index contributed by atoms with van der Waals surface area (Å²) < 4.78 is 31.5. The van der Waals surface area contributed by atoms with E-state index in [2.05, 4.69) is 3.73 Å². The van der Waals surface area contributed by atoms with Crippen molar-refractivity contribution in [2.24, 2.45) is 0 Å². The van der Waals surface area contributed by atoms with E-state index in [1.54, 1.807) is 18.2 Å². The summed E-state index contributed by atoms with van der Waals surface area (Å²) in [6.45, 7) is 0. The van der Waals surface area contributed by atoms with Crippen LogP contribution in [-0.2, 0) is 3.74 Å². The van der Waals surface area contributed by atoms with Gasteiger partial charge in [-0.05, 0) is 0 Å². The molecule has 0 fully saturated rings. The molecular formula is C6H7AsO4. The van der Waals surface area contributed by atoms with Gasteiger partial charge in [0.1, 0.15) is 0 Å². The van der Waals surface area contributed by atoms with Crippen molar-refractivity contribution in [2.45, 2.75) is 0 Å². The van der Waals surface area contributed by atoms with E-state index in [0.717, 1.165) is 0 Å². The van der Waals surface area contributed by atoms with Crippen LogP contribution in [0, 0.1) is 0 Å². The summed E-state index contributed by atoms with van der Waals surface area (Å²) in [6.07, 6.45) is 0. The average Bonchev–Trinajstić information content (AvgIpc) is 1.85. The van der Waals surface area contributed by atoms with Crippen LogP contribution in [0.3, 0.4) is 0 Å². The van der Waals surface area contributed by atoms with Crippen molar-refractivity contribution in [3.63, 3.8) is 0 Å². The Balaban J connectivity index is 2.74. The second-order valence-corrected chi connectivity index (χ2v) is 4.34. The predicted molar refractivity (Wildman–Crippen MR) is 37.9 cm³/mol. The van der Waals surface area contributed by atoms with Gasteiger partial charge in [0.25, 0.3) is 0 Å². The molecule has 1 aromatic carbocycles. The molecule has 4 nitrogen and oxygen atoms in total. The Bertz CT molecular complexity index is 265.